The fourth-order valence-corrected chi connectivity index (χ4v) is 6.79. The Morgan fingerprint density at radius 2 is 1.86 bits per heavy atom. The standard InChI is InChI=1S/C34H48FN5O2/c1-7-39(24(4)5)34(41)31-18-28(35)10-11-29(31)30-17-26(22-40-25(6)36-19-33(30)40)27-20-38(21-27)32(23(2)3)9-8-12-37-13-15-42-16-14-37/h10-11,17-19,22-24,27,32H,7-9,12-16,20-21H2,1-6H3/t32-/m1/s1. The van der Waals surface area contributed by atoms with Crippen LogP contribution in [-0.4, -0.2) is 94.6 Å². The quantitative estimate of drug-likeness (QED) is 0.286. The van der Waals surface area contributed by atoms with Crippen LogP contribution in [-0.2, 0) is 4.74 Å². The normalized spacial score (nSPS) is 17.7. The Balaban J connectivity index is 1.39. The third-order valence-electron chi connectivity index (χ3n) is 9.27. The number of fused-ring (bicyclic) bond motifs is 1. The molecule has 2 aliphatic heterocycles. The highest BCUT2D eigenvalue weighted by atomic mass is 19.1. The van der Waals surface area contributed by atoms with Crippen molar-refractivity contribution in [3.05, 3.63) is 59.4 Å². The highest BCUT2D eigenvalue weighted by Gasteiger charge is 2.35. The number of imidazole rings is 1. The van der Waals surface area contributed by atoms with Crippen molar-refractivity contribution in [3.8, 4) is 11.1 Å². The Hall–Kier alpha value is -2.81. The number of pyridine rings is 1. The first-order valence-corrected chi connectivity index (χ1v) is 15.8. The lowest BCUT2D eigenvalue weighted by atomic mass is 9.85. The number of aryl methyl sites for hydroxylation is 1. The number of amides is 1. The molecule has 2 aromatic heterocycles. The van der Waals surface area contributed by atoms with Crippen LogP contribution < -0.4 is 0 Å². The molecule has 228 valence electrons. The van der Waals surface area contributed by atoms with E-state index in [2.05, 4.69) is 45.3 Å². The molecule has 0 spiro atoms. The van der Waals surface area contributed by atoms with Crippen LogP contribution in [0.2, 0.25) is 0 Å². The average molecular weight is 578 g/mol. The van der Waals surface area contributed by atoms with E-state index in [0.717, 1.165) is 68.4 Å². The number of morpholine rings is 1. The summed E-state index contributed by atoms with van der Waals surface area (Å²) in [5, 5.41) is 0. The van der Waals surface area contributed by atoms with Gasteiger partial charge < -0.3 is 14.0 Å². The van der Waals surface area contributed by atoms with Gasteiger partial charge in [0.2, 0.25) is 0 Å². The minimum atomic E-state index is -0.401. The first-order chi connectivity index (χ1) is 20.2. The van der Waals surface area contributed by atoms with Gasteiger partial charge in [-0.05, 0) is 82.3 Å². The van der Waals surface area contributed by atoms with Crippen LogP contribution in [0.3, 0.4) is 0 Å². The van der Waals surface area contributed by atoms with Crippen molar-refractivity contribution in [1.82, 2.24) is 24.1 Å². The molecule has 1 atom stereocenters. The summed E-state index contributed by atoms with van der Waals surface area (Å²) >= 11 is 0. The molecule has 2 aliphatic rings. The molecule has 0 radical (unpaired) electrons. The highest BCUT2D eigenvalue weighted by molar-refractivity contribution is 6.03. The summed E-state index contributed by atoms with van der Waals surface area (Å²) in [6.45, 7) is 20.2. The van der Waals surface area contributed by atoms with Crippen molar-refractivity contribution < 1.29 is 13.9 Å². The van der Waals surface area contributed by atoms with Crippen LogP contribution in [0.1, 0.15) is 75.1 Å². The molecule has 2 fully saturated rings. The van der Waals surface area contributed by atoms with Crippen LogP contribution >= 0.6 is 0 Å². The van der Waals surface area contributed by atoms with E-state index in [0.29, 0.717) is 30.0 Å². The summed E-state index contributed by atoms with van der Waals surface area (Å²) in [4.78, 5) is 25.3. The van der Waals surface area contributed by atoms with Crippen molar-refractivity contribution in [2.75, 3.05) is 52.5 Å². The fourth-order valence-electron chi connectivity index (χ4n) is 6.79. The molecule has 4 heterocycles. The number of aromatic nitrogens is 2. The SMILES string of the molecule is CCN(C(=O)c1cc(F)ccc1-c1cc(C2CN([C@H](CCCN3CCOCC3)C(C)C)C2)cn2c(C)ncc12)C(C)C. The first kappa shape index (κ1) is 30.6. The van der Waals surface area contributed by atoms with E-state index in [-0.39, 0.29) is 11.9 Å². The van der Waals surface area contributed by atoms with Crippen LogP contribution in [0.15, 0.2) is 36.7 Å². The Labute approximate surface area is 250 Å². The second-order valence-corrected chi connectivity index (χ2v) is 12.7. The van der Waals surface area contributed by atoms with Crippen molar-refractivity contribution in [3.63, 3.8) is 0 Å². The van der Waals surface area contributed by atoms with Crippen molar-refractivity contribution in [1.29, 1.82) is 0 Å². The first-order valence-electron chi connectivity index (χ1n) is 15.8. The van der Waals surface area contributed by atoms with Crippen molar-refractivity contribution in [2.24, 2.45) is 5.92 Å². The van der Waals surface area contributed by atoms with Crippen LogP contribution in [0.4, 0.5) is 4.39 Å². The van der Waals surface area contributed by atoms with Crippen LogP contribution in [0, 0.1) is 18.7 Å². The van der Waals surface area contributed by atoms with Gasteiger partial charge in [0.1, 0.15) is 11.6 Å². The van der Waals surface area contributed by atoms with Gasteiger partial charge in [-0.3, -0.25) is 14.6 Å². The summed E-state index contributed by atoms with van der Waals surface area (Å²) in [5.41, 5.74) is 4.26. The summed E-state index contributed by atoms with van der Waals surface area (Å²) in [5.74, 6) is 1.35. The predicted octanol–water partition coefficient (Wildman–Crippen LogP) is 5.86. The zero-order chi connectivity index (χ0) is 30.0. The van der Waals surface area contributed by atoms with Gasteiger partial charge in [0.05, 0.1) is 30.5 Å². The Kier molecular flexibility index (Phi) is 9.65. The number of ether oxygens (including phenoxy) is 1. The van der Waals surface area contributed by atoms with Gasteiger partial charge in [-0.1, -0.05) is 19.9 Å². The van der Waals surface area contributed by atoms with Crippen molar-refractivity contribution >= 4 is 11.4 Å². The maximum absolute atomic E-state index is 14.6. The Bertz CT molecular complexity index is 1370. The van der Waals surface area contributed by atoms with E-state index < -0.39 is 5.82 Å². The second kappa shape index (κ2) is 13.2. The number of hydrogen-bond acceptors (Lipinski definition) is 5. The van der Waals surface area contributed by atoms with E-state index in [9.17, 15) is 9.18 Å². The van der Waals surface area contributed by atoms with Gasteiger partial charge in [-0.15, -0.1) is 0 Å². The monoisotopic (exact) mass is 577 g/mol. The molecule has 1 aromatic carbocycles. The molecule has 0 N–H and O–H groups in total. The van der Waals surface area contributed by atoms with E-state index >= 15 is 0 Å². The minimum Gasteiger partial charge on any atom is -0.379 e. The molecule has 0 saturated carbocycles. The van der Waals surface area contributed by atoms with E-state index in [4.69, 9.17) is 4.74 Å². The smallest absolute Gasteiger partial charge is 0.254 e. The van der Waals surface area contributed by atoms with E-state index in [1.807, 2.05) is 33.9 Å². The zero-order valence-corrected chi connectivity index (χ0v) is 26.3. The Morgan fingerprint density at radius 3 is 2.52 bits per heavy atom. The van der Waals surface area contributed by atoms with E-state index in [1.165, 1.54) is 30.5 Å². The summed E-state index contributed by atoms with van der Waals surface area (Å²) in [6, 6.07) is 7.42. The molecule has 1 amide bonds. The number of halogens is 1. The number of carbonyl (C=O) groups excluding carboxylic acids is 1. The third-order valence-corrected chi connectivity index (χ3v) is 9.27. The predicted molar refractivity (Wildman–Crippen MR) is 167 cm³/mol. The number of carbonyl (C=O) groups is 1. The number of benzene rings is 1. The number of likely N-dealkylation sites (tertiary alicyclic amines) is 1. The maximum Gasteiger partial charge on any atom is 0.254 e. The summed E-state index contributed by atoms with van der Waals surface area (Å²) in [7, 11) is 0. The second-order valence-electron chi connectivity index (χ2n) is 12.7. The summed E-state index contributed by atoms with van der Waals surface area (Å²) < 4.78 is 22.2. The summed E-state index contributed by atoms with van der Waals surface area (Å²) in [6.07, 6.45) is 6.49. The molecule has 3 aromatic rings. The van der Waals surface area contributed by atoms with Crippen LogP contribution in [0.25, 0.3) is 16.6 Å². The topological polar surface area (TPSA) is 53.3 Å². The molecular weight excluding hydrogens is 529 g/mol. The van der Waals surface area contributed by atoms with Gasteiger partial charge in [0.15, 0.2) is 0 Å². The highest BCUT2D eigenvalue weighted by Crippen LogP contribution is 2.37. The minimum absolute atomic E-state index is 0.0194. The number of rotatable bonds is 11. The van der Waals surface area contributed by atoms with Gasteiger partial charge in [0, 0.05) is 62.5 Å². The molecule has 42 heavy (non-hydrogen) atoms. The zero-order valence-electron chi connectivity index (χ0n) is 26.3. The van der Waals surface area contributed by atoms with Crippen molar-refractivity contribution in [2.45, 2.75) is 72.4 Å². The lowest BCUT2D eigenvalue weighted by molar-refractivity contribution is 0.0305. The maximum atomic E-state index is 14.6. The lowest BCUT2D eigenvalue weighted by Crippen LogP contribution is -2.52. The fraction of sp³-hybridized carbons (Fsp3) is 0.588. The Morgan fingerprint density at radius 1 is 1.12 bits per heavy atom. The molecular formula is C34H48FN5O2. The largest absolute Gasteiger partial charge is 0.379 e. The molecule has 2 saturated heterocycles. The number of hydrogen-bond donors (Lipinski definition) is 0. The van der Waals surface area contributed by atoms with Gasteiger partial charge in [0.25, 0.3) is 5.91 Å². The van der Waals surface area contributed by atoms with Crippen LogP contribution in [0.5, 0.6) is 0 Å². The third kappa shape index (κ3) is 6.41. The molecule has 7 nitrogen and oxygen atoms in total. The molecule has 0 aliphatic carbocycles. The van der Waals surface area contributed by atoms with E-state index in [1.54, 1.807) is 11.0 Å². The molecule has 0 bridgehead atoms. The lowest BCUT2D eigenvalue weighted by Gasteiger charge is -2.46. The van der Waals surface area contributed by atoms with Gasteiger partial charge in [-0.25, -0.2) is 9.37 Å². The molecule has 0 unspecified atom stereocenters. The average Bonchev–Trinajstić information content (AvgIpc) is 3.32. The van der Waals surface area contributed by atoms with Gasteiger partial charge >= 0.3 is 0 Å². The van der Waals surface area contributed by atoms with Gasteiger partial charge in [-0.2, -0.15) is 0 Å². The number of nitrogens with zero attached hydrogens (tertiary/aromatic N) is 5. The molecule has 8 heteroatoms. The molecule has 5 rings (SSSR count).